The summed E-state index contributed by atoms with van der Waals surface area (Å²) in [5.74, 6) is -0.420. The predicted octanol–water partition coefficient (Wildman–Crippen LogP) is 1.07. The summed E-state index contributed by atoms with van der Waals surface area (Å²) in [5.41, 5.74) is 0.417. The molecule has 3 rings (SSSR count). The largest absolute Gasteiger partial charge is 0.394 e. The summed E-state index contributed by atoms with van der Waals surface area (Å²) in [5, 5.41) is 9.90. The molecule has 0 unspecified atom stereocenters. The fraction of sp³-hybridized carbons (Fsp3) is 0.333. The maximum atomic E-state index is 13.5. The molecule has 2 atom stereocenters. The number of H-pyrrole nitrogens is 1. The van der Waals surface area contributed by atoms with Crippen LogP contribution in [-0.2, 0) is 0 Å². The smallest absolute Gasteiger partial charge is 0.255 e. The first-order chi connectivity index (χ1) is 10.1. The topological polar surface area (TPSA) is 73.4 Å². The van der Waals surface area contributed by atoms with Crippen LogP contribution in [0.1, 0.15) is 16.8 Å². The van der Waals surface area contributed by atoms with Gasteiger partial charge in [-0.05, 0) is 6.07 Å². The molecule has 1 saturated heterocycles. The Morgan fingerprint density at radius 1 is 1.43 bits per heavy atom. The first-order valence-corrected chi connectivity index (χ1v) is 6.78. The molecule has 1 aliphatic rings. The van der Waals surface area contributed by atoms with Gasteiger partial charge in [-0.1, -0.05) is 18.2 Å². The second kappa shape index (κ2) is 5.29. The number of aromatic amines is 1. The van der Waals surface area contributed by atoms with Gasteiger partial charge in [-0.3, -0.25) is 9.59 Å². The maximum Gasteiger partial charge on any atom is 0.255 e. The van der Waals surface area contributed by atoms with Crippen molar-refractivity contribution in [2.24, 2.45) is 0 Å². The zero-order chi connectivity index (χ0) is 15.0. The summed E-state index contributed by atoms with van der Waals surface area (Å²) in [7, 11) is 0. The number of hydrogen-bond acceptors (Lipinski definition) is 3. The first kappa shape index (κ1) is 13.8. The van der Waals surface area contributed by atoms with Crippen molar-refractivity contribution in [3.8, 4) is 0 Å². The van der Waals surface area contributed by atoms with Crippen molar-refractivity contribution in [1.29, 1.82) is 0 Å². The molecule has 1 aromatic heterocycles. The molecule has 1 fully saturated rings. The Morgan fingerprint density at radius 3 is 2.95 bits per heavy atom. The summed E-state index contributed by atoms with van der Waals surface area (Å²) in [6, 6.07) is 7.66. The third-order valence-electron chi connectivity index (χ3n) is 3.82. The van der Waals surface area contributed by atoms with Crippen LogP contribution in [0, 0.1) is 0 Å². The van der Waals surface area contributed by atoms with Crippen LogP contribution in [-0.4, -0.2) is 46.3 Å². The predicted molar refractivity (Wildman–Crippen MR) is 76.0 cm³/mol. The Hall–Kier alpha value is -2.21. The van der Waals surface area contributed by atoms with E-state index in [-0.39, 0.29) is 30.7 Å². The number of pyridine rings is 1. The molecule has 0 aliphatic carbocycles. The number of amides is 1. The molecule has 110 valence electrons. The summed E-state index contributed by atoms with van der Waals surface area (Å²) in [6.07, 6.45) is -1.01. The molecule has 1 aliphatic heterocycles. The quantitative estimate of drug-likeness (QED) is 0.869. The number of nitrogens with one attached hydrogen (secondary N) is 1. The van der Waals surface area contributed by atoms with Crippen molar-refractivity contribution in [2.75, 3.05) is 13.2 Å². The monoisotopic (exact) mass is 290 g/mol. The fourth-order valence-electron chi connectivity index (χ4n) is 2.82. The highest BCUT2D eigenvalue weighted by molar-refractivity contribution is 6.06. The normalized spacial score (nSPS) is 21.9. The van der Waals surface area contributed by atoms with Crippen molar-refractivity contribution >= 4 is 16.8 Å². The van der Waals surface area contributed by atoms with E-state index in [1.807, 2.05) is 0 Å². The number of alkyl halides is 1. The van der Waals surface area contributed by atoms with E-state index in [1.54, 1.807) is 24.3 Å². The van der Waals surface area contributed by atoms with Crippen molar-refractivity contribution < 1.29 is 14.3 Å². The molecule has 2 heterocycles. The van der Waals surface area contributed by atoms with E-state index in [2.05, 4.69) is 4.98 Å². The Labute approximate surface area is 120 Å². The van der Waals surface area contributed by atoms with Crippen LogP contribution in [0.15, 0.2) is 35.1 Å². The molecule has 1 aromatic carbocycles. The number of halogens is 1. The van der Waals surface area contributed by atoms with Crippen molar-refractivity contribution in [1.82, 2.24) is 9.88 Å². The van der Waals surface area contributed by atoms with Crippen molar-refractivity contribution in [3.63, 3.8) is 0 Å². The van der Waals surface area contributed by atoms with Gasteiger partial charge >= 0.3 is 0 Å². The van der Waals surface area contributed by atoms with Gasteiger partial charge in [0.25, 0.3) is 5.91 Å². The molecule has 0 bridgehead atoms. The molecular weight excluding hydrogens is 275 g/mol. The number of benzene rings is 1. The number of aliphatic hydroxyl groups is 1. The Balaban J connectivity index is 2.08. The minimum Gasteiger partial charge on any atom is -0.394 e. The summed E-state index contributed by atoms with van der Waals surface area (Å²) in [6.45, 7) is -0.335. The summed E-state index contributed by atoms with van der Waals surface area (Å²) >= 11 is 0. The second-order valence-corrected chi connectivity index (χ2v) is 5.22. The van der Waals surface area contributed by atoms with E-state index in [9.17, 15) is 19.1 Å². The van der Waals surface area contributed by atoms with Gasteiger partial charge in [0.2, 0.25) is 5.56 Å². The number of aromatic nitrogens is 1. The molecule has 21 heavy (non-hydrogen) atoms. The van der Waals surface area contributed by atoms with Crippen LogP contribution in [0.25, 0.3) is 10.9 Å². The third kappa shape index (κ3) is 2.42. The minimum absolute atomic E-state index is 0.0504. The number of likely N-dealkylation sites (tertiary alicyclic amines) is 1. The average molecular weight is 290 g/mol. The lowest BCUT2D eigenvalue weighted by molar-refractivity contribution is 0.0674. The number of nitrogens with zero attached hydrogens (tertiary/aromatic N) is 1. The van der Waals surface area contributed by atoms with Gasteiger partial charge < -0.3 is 15.0 Å². The van der Waals surface area contributed by atoms with Crippen molar-refractivity contribution in [2.45, 2.75) is 18.6 Å². The Bertz CT molecular complexity index is 743. The van der Waals surface area contributed by atoms with Crippen LogP contribution in [0.3, 0.4) is 0 Å². The zero-order valence-corrected chi connectivity index (χ0v) is 11.3. The van der Waals surface area contributed by atoms with Gasteiger partial charge in [-0.2, -0.15) is 0 Å². The molecule has 5 nitrogen and oxygen atoms in total. The van der Waals surface area contributed by atoms with Crippen LogP contribution in [0.2, 0.25) is 0 Å². The average Bonchev–Trinajstić information content (AvgIpc) is 2.86. The molecule has 0 spiro atoms. The number of para-hydroxylation sites is 1. The summed E-state index contributed by atoms with van der Waals surface area (Å²) in [4.78, 5) is 28.3. The van der Waals surface area contributed by atoms with E-state index in [0.29, 0.717) is 10.9 Å². The van der Waals surface area contributed by atoms with Crippen molar-refractivity contribution in [3.05, 3.63) is 46.2 Å². The molecule has 6 heteroatoms. The molecule has 2 N–H and O–H groups in total. The number of carbonyl (C=O) groups is 1. The highest BCUT2D eigenvalue weighted by Crippen LogP contribution is 2.24. The molecule has 0 saturated carbocycles. The molecular formula is C15H15FN2O3. The lowest BCUT2D eigenvalue weighted by atomic mass is 10.1. The highest BCUT2D eigenvalue weighted by atomic mass is 19.1. The van der Waals surface area contributed by atoms with Gasteiger partial charge in [0.1, 0.15) is 6.17 Å². The highest BCUT2D eigenvalue weighted by Gasteiger charge is 2.35. The Morgan fingerprint density at radius 2 is 2.19 bits per heavy atom. The van der Waals surface area contributed by atoms with E-state index in [0.717, 1.165) is 0 Å². The lowest BCUT2D eigenvalue weighted by Gasteiger charge is -2.23. The van der Waals surface area contributed by atoms with E-state index < -0.39 is 18.1 Å². The number of hydrogen-bond donors (Lipinski definition) is 2. The van der Waals surface area contributed by atoms with E-state index >= 15 is 0 Å². The number of rotatable bonds is 2. The number of fused-ring (bicyclic) bond motifs is 1. The fourth-order valence-corrected chi connectivity index (χ4v) is 2.82. The lowest BCUT2D eigenvalue weighted by Crippen LogP contribution is -2.38. The third-order valence-corrected chi connectivity index (χ3v) is 3.82. The van der Waals surface area contributed by atoms with Crippen LogP contribution in [0.4, 0.5) is 4.39 Å². The molecule has 2 aromatic rings. The Kier molecular flexibility index (Phi) is 3.47. The molecule has 1 amide bonds. The van der Waals surface area contributed by atoms with Gasteiger partial charge in [0.15, 0.2) is 0 Å². The number of carbonyl (C=O) groups excluding carboxylic acids is 1. The second-order valence-electron chi connectivity index (χ2n) is 5.22. The van der Waals surface area contributed by atoms with Crippen LogP contribution >= 0.6 is 0 Å². The number of aliphatic hydroxyl groups excluding tert-OH is 1. The minimum atomic E-state index is -1.14. The van der Waals surface area contributed by atoms with Gasteiger partial charge in [0, 0.05) is 23.4 Å². The van der Waals surface area contributed by atoms with E-state index in [4.69, 9.17) is 0 Å². The van der Waals surface area contributed by atoms with Crippen LogP contribution in [0.5, 0.6) is 0 Å². The zero-order valence-electron chi connectivity index (χ0n) is 11.3. The van der Waals surface area contributed by atoms with Crippen LogP contribution < -0.4 is 5.56 Å². The van der Waals surface area contributed by atoms with E-state index in [1.165, 1.54) is 11.0 Å². The SMILES string of the molecule is O=C(c1cc(=O)[nH]c2ccccc12)N1C[C@@H](F)C[C@H]1CO. The molecule has 0 radical (unpaired) electrons. The van der Waals surface area contributed by atoms with Gasteiger partial charge in [-0.25, -0.2) is 4.39 Å². The summed E-state index contributed by atoms with van der Waals surface area (Å²) < 4.78 is 13.5. The standard InChI is InChI=1S/C15H15FN2O3/c16-9-5-10(8-19)18(7-9)15(21)12-6-14(20)17-13-4-2-1-3-11(12)13/h1-4,6,9-10,19H,5,7-8H2,(H,17,20)/t9-,10-/m0/s1. The first-order valence-electron chi connectivity index (χ1n) is 6.78. The van der Waals surface area contributed by atoms with Gasteiger partial charge in [0.05, 0.1) is 24.8 Å². The van der Waals surface area contributed by atoms with Gasteiger partial charge in [-0.15, -0.1) is 0 Å². The maximum absolute atomic E-state index is 13.5.